The van der Waals surface area contributed by atoms with Crippen molar-refractivity contribution in [2.45, 2.75) is 18.4 Å². The lowest BCUT2D eigenvalue weighted by atomic mass is 9.85. The average Bonchev–Trinajstić information content (AvgIpc) is 2.31. The monoisotopic (exact) mass is 261 g/mol. The van der Waals surface area contributed by atoms with Gasteiger partial charge in [0.15, 0.2) is 9.84 Å². The Balaban J connectivity index is 2.04. The lowest BCUT2D eigenvalue weighted by Gasteiger charge is -2.49. The zero-order valence-electron chi connectivity index (χ0n) is 10.6. The van der Waals surface area contributed by atoms with E-state index in [9.17, 15) is 8.42 Å². The van der Waals surface area contributed by atoms with Gasteiger partial charge in [0.05, 0.1) is 11.5 Å². The lowest BCUT2D eigenvalue weighted by molar-refractivity contribution is 0.0403. The molecule has 0 aromatic heterocycles. The van der Waals surface area contributed by atoms with E-state index < -0.39 is 9.84 Å². The number of rotatable bonds is 2. The van der Waals surface area contributed by atoms with Crippen LogP contribution in [-0.2, 0) is 9.84 Å². The van der Waals surface area contributed by atoms with Crippen molar-refractivity contribution >= 4 is 9.84 Å². The summed E-state index contributed by atoms with van der Waals surface area (Å²) in [5, 5.41) is 0. The molecule has 2 aliphatic rings. The first-order chi connectivity index (χ1) is 7.97. The first kappa shape index (κ1) is 13.3. The summed E-state index contributed by atoms with van der Waals surface area (Å²) in [6.45, 7) is 4.06. The molecule has 6 heteroatoms. The fourth-order valence-electron chi connectivity index (χ4n) is 2.87. The fourth-order valence-corrected chi connectivity index (χ4v) is 4.07. The summed E-state index contributed by atoms with van der Waals surface area (Å²) in [6, 6.07) is 0. The van der Waals surface area contributed by atoms with Gasteiger partial charge in [-0.3, -0.25) is 4.90 Å². The van der Waals surface area contributed by atoms with Crippen molar-refractivity contribution in [1.82, 2.24) is 9.80 Å². The molecule has 0 saturated carbocycles. The Hall–Kier alpha value is -0.170. The van der Waals surface area contributed by atoms with E-state index in [1.54, 1.807) is 0 Å². The van der Waals surface area contributed by atoms with E-state index in [0.717, 1.165) is 25.9 Å². The summed E-state index contributed by atoms with van der Waals surface area (Å²) in [6.07, 6.45) is 2.11. The van der Waals surface area contributed by atoms with Crippen LogP contribution in [0.3, 0.4) is 0 Å². The minimum Gasteiger partial charge on any atom is -0.329 e. The van der Waals surface area contributed by atoms with Gasteiger partial charge in [-0.15, -0.1) is 0 Å². The number of nitrogens with two attached hydrogens (primary N) is 1. The Labute approximate surface area is 104 Å². The number of piperidine rings is 1. The molecule has 2 rings (SSSR count). The third kappa shape index (κ3) is 2.81. The van der Waals surface area contributed by atoms with Crippen molar-refractivity contribution in [3.63, 3.8) is 0 Å². The predicted octanol–water partition coefficient (Wildman–Crippen LogP) is -0.860. The van der Waals surface area contributed by atoms with Crippen LogP contribution in [0.15, 0.2) is 0 Å². The van der Waals surface area contributed by atoms with Gasteiger partial charge < -0.3 is 10.6 Å². The first-order valence-corrected chi connectivity index (χ1v) is 8.14. The summed E-state index contributed by atoms with van der Waals surface area (Å²) in [4.78, 5) is 4.63. The van der Waals surface area contributed by atoms with Crippen LogP contribution in [0.2, 0.25) is 0 Å². The Morgan fingerprint density at radius 1 is 1.12 bits per heavy atom. The summed E-state index contributed by atoms with van der Waals surface area (Å²) in [5.41, 5.74) is 6.02. The lowest BCUT2D eigenvalue weighted by Crippen LogP contribution is -2.62. The summed E-state index contributed by atoms with van der Waals surface area (Å²) < 4.78 is 22.9. The van der Waals surface area contributed by atoms with Crippen molar-refractivity contribution in [1.29, 1.82) is 0 Å². The van der Waals surface area contributed by atoms with E-state index in [1.165, 1.54) is 0 Å². The molecule has 2 fully saturated rings. The molecule has 0 aromatic carbocycles. The fraction of sp³-hybridized carbons (Fsp3) is 1.00. The van der Waals surface area contributed by atoms with Crippen molar-refractivity contribution in [2.75, 3.05) is 51.3 Å². The molecular weight excluding hydrogens is 238 g/mol. The molecule has 0 bridgehead atoms. The van der Waals surface area contributed by atoms with Crippen LogP contribution in [0.1, 0.15) is 12.8 Å². The molecule has 0 unspecified atom stereocenters. The topological polar surface area (TPSA) is 66.6 Å². The Morgan fingerprint density at radius 2 is 1.65 bits per heavy atom. The third-order valence-electron chi connectivity index (χ3n) is 4.31. The first-order valence-electron chi connectivity index (χ1n) is 6.32. The number of nitrogens with zero attached hydrogens (tertiary/aromatic N) is 2. The quantitative estimate of drug-likeness (QED) is 0.701. The third-order valence-corrected chi connectivity index (χ3v) is 5.92. The van der Waals surface area contributed by atoms with Crippen LogP contribution in [0, 0.1) is 0 Å². The van der Waals surface area contributed by atoms with Crippen LogP contribution >= 0.6 is 0 Å². The molecule has 0 atom stereocenters. The molecule has 0 radical (unpaired) electrons. The van der Waals surface area contributed by atoms with Gasteiger partial charge in [-0.05, 0) is 33.0 Å². The predicted molar refractivity (Wildman–Crippen MR) is 68.7 cm³/mol. The smallest absolute Gasteiger partial charge is 0.152 e. The van der Waals surface area contributed by atoms with Gasteiger partial charge >= 0.3 is 0 Å². The molecular formula is C11H23N3O2S. The molecule has 0 aromatic rings. The van der Waals surface area contributed by atoms with Crippen molar-refractivity contribution in [3.05, 3.63) is 0 Å². The largest absolute Gasteiger partial charge is 0.329 e. The van der Waals surface area contributed by atoms with Crippen LogP contribution in [-0.4, -0.2) is 75.0 Å². The molecule has 2 saturated heterocycles. The number of sulfone groups is 1. The zero-order valence-corrected chi connectivity index (χ0v) is 11.4. The van der Waals surface area contributed by atoms with Gasteiger partial charge in [0, 0.05) is 25.2 Å². The van der Waals surface area contributed by atoms with E-state index in [4.69, 9.17) is 5.73 Å². The highest BCUT2D eigenvalue weighted by Crippen LogP contribution is 2.28. The van der Waals surface area contributed by atoms with Crippen LogP contribution < -0.4 is 5.73 Å². The minimum atomic E-state index is -2.79. The van der Waals surface area contributed by atoms with Crippen LogP contribution in [0.5, 0.6) is 0 Å². The SMILES string of the molecule is CN1CCC(CN)(N2CCS(=O)(=O)CC2)CC1. The van der Waals surface area contributed by atoms with Gasteiger partial charge in [0.2, 0.25) is 0 Å². The highest BCUT2D eigenvalue weighted by molar-refractivity contribution is 7.91. The molecule has 0 amide bonds. The maximum atomic E-state index is 11.5. The molecule has 0 spiro atoms. The maximum absolute atomic E-state index is 11.5. The Morgan fingerprint density at radius 3 is 2.12 bits per heavy atom. The van der Waals surface area contributed by atoms with E-state index in [0.29, 0.717) is 31.1 Å². The number of hydrogen-bond donors (Lipinski definition) is 1. The Kier molecular flexibility index (Phi) is 3.77. The molecule has 100 valence electrons. The van der Waals surface area contributed by atoms with Gasteiger partial charge in [0.25, 0.3) is 0 Å². The van der Waals surface area contributed by atoms with Crippen molar-refractivity contribution in [3.8, 4) is 0 Å². The molecule has 0 aliphatic carbocycles. The summed E-state index contributed by atoms with van der Waals surface area (Å²) in [7, 11) is -0.667. The van der Waals surface area contributed by atoms with E-state index in [1.807, 2.05) is 0 Å². The second-order valence-electron chi connectivity index (χ2n) is 5.37. The molecule has 17 heavy (non-hydrogen) atoms. The molecule has 5 nitrogen and oxygen atoms in total. The normalized spacial score (nSPS) is 30.2. The van der Waals surface area contributed by atoms with Crippen LogP contribution in [0.25, 0.3) is 0 Å². The standard InChI is InChI=1S/C11H23N3O2S/c1-13-4-2-11(10-12,3-5-13)14-6-8-17(15,16)9-7-14/h2-10,12H2,1H3. The summed E-state index contributed by atoms with van der Waals surface area (Å²) in [5.74, 6) is 0.592. The highest BCUT2D eigenvalue weighted by Gasteiger charge is 2.40. The number of likely N-dealkylation sites (tertiary alicyclic amines) is 1. The second-order valence-corrected chi connectivity index (χ2v) is 7.67. The van der Waals surface area contributed by atoms with Gasteiger partial charge in [-0.1, -0.05) is 0 Å². The maximum Gasteiger partial charge on any atom is 0.152 e. The highest BCUT2D eigenvalue weighted by atomic mass is 32.2. The van der Waals surface area contributed by atoms with E-state index >= 15 is 0 Å². The van der Waals surface area contributed by atoms with E-state index in [2.05, 4.69) is 16.8 Å². The van der Waals surface area contributed by atoms with Crippen molar-refractivity contribution < 1.29 is 8.42 Å². The second kappa shape index (κ2) is 4.84. The Bertz CT molecular complexity index is 347. The summed E-state index contributed by atoms with van der Waals surface area (Å²) >= 11 is 0. The molecule has 2 heterocycles. The van der Waals surface area contributed by atoms with Gasteiger partial charge in [-0.25, -0.2) is 8.42 Å². The minimum absolute atomic E-state index is 0.0441. The average molecular weight is 261 g/mol. The van der Waals surface area contributed by atoms with Gasteiger partial charge in [0.1, 0.15) is 0 Å². The number of hydrogen-bond acceptors (Lipinski definition) is 5. The van der Waals surface area contributed by atoms with E-state index in [-0.39, 0.29) is 5.54 Å². The van der Waals surface area contributed by atoms with Gasteiger partial charge in [-0.2, -0.15) is 0 Å². The molecule has 2 aliphatic heterocycles. The van der Waals surface area contributed by atoms with Crippen LogP contribution in [0.4, 0.5) is 0 Å². The zero-order chi connectivity index (χ0) is 12.5. The molecule has 2 N–H and O–H groups in total. The van der Waals surface area contributed by atoms with Crippen molar-refractivity contribution in [2.24, 2.45) is 5.73 Å².